The Morgan fingerprint density at radius 1 is 1.24 bits per heavy atom. The Bertz CT molecular complexity index is 895. The molecular formula is C18H23N9O2. The first-order valence-electron chi connectivity index (χ1n) is 9.38. The molecule has 0 aromatic carbocycles. The maximum absolute atomic E-state index is 8.82. The van der Waals surface area contributed by atoms with Crippen molar-refractivity contribution in [2.75, 3.05) is 25.6 Å². The molecule has 11 nitrogen and oxygen atoms in total. The van der Waals surface area contributed by atoms with Crippen LogP contribution < -0.4 is 31.4 Å². The molecule has 1 saturated carbocycles. The molecule has 2 aromatic rings. The van der Waals surface area contributed by atoms with Gasteiger partial charge in [-0.3, -0.25) is 0 Å². The zero-order valence-corrected chi connectivity index (χ0v) is 16.1. The topological polar surface area (TPSA) is 156 Å². The summed E-state index contributed by atoms with van der Waals surface area (Å²) in [6, 6.07) is 1.81. The molecular weight excluding hydrogens is 374 g/mol. The molecule has 4 rings (SSSR count). The van der Waals surface area contributed by atoms with Gasteiger partial charge in [0.2, 0.25) is 11.8 Å². The number of hydrazine groups is 1. The highest BCUT2D eigenvalue weighted by Crippen LogP contribution is 2.45. The lowest BCUT2D eigenvalue weighted by Gasteiger charge is -2.19. The quantitative estimate of drug-likeness (QED) is 0.484. The van der Waals surface area contributed by atoms with Crippen LogP contribution in [0, 0.1) is 16.7 Å². The number of nitrogens with two attached hydrogens (primary N) is 1. The van der Waals surface area contributed by atoms with Gasteiger partial charge in [0, 0.05) is 18.4 Å². The van der Waals surface area contributed by atoms with Crippen molar-refractivity contribution in [3.8, 4) is 17.8 Å². The van der Waals surface area contributed by atoms with Crippen molar-refractivity contribution in [2.24, 2.45) is 11.1 Å². The minimum absolute atomic E-state index is 0.0646. The fourth-order valence-corrected chi connectivity index (χ4v) is 3.22. The summed E-state index contributed by atoms with van der Waals surface area (Å²) in [5, 5.41) is 12.1. The predicted octanol–water partition coefficient (Wildman–Crippen LogP) is 0.242. The fourth-order valence-electron chi connectivity index (χ4n) is 3.22. The van der Waals surface area contributed by atoms with Gasteiger partial charge >= 0.3 is 0 Å². The summed E-state index contributed by atoms with van der Waals surface area (Å²) < 4.78 is 11.5. The van der Waals surface area contributed by atoms with Crippen LogP contribution in [0.25, 0.3) is 0 Å². The van der Waals surface area contributed by atoms with Crippen LogP contribution in [0.3, 0.4) is 0 Å². The Morgan fingerprint density at radius 3 is 2.72 bits per heavy atom. The Labute approximate surface area is 168 Å². The number of anilines is 1. The number of rotatable bonds is 8. The number of methoxy groups -OCH3 is 1. The first kappa shape index (κ1) is 19.3. The standard InChI is InChI=1S/C18H23N9O2/c1-28-16-15(17(24-10-23-16)29-9-18(8-20)2-3-18)12-4-13(27-26-12)25-14-7-21-11(5-19)6-22-14/h6-7,10,12-13,26-27H,2-4,8-9,20H2,1H3,(H,22,25). The van der Waals surface area contributed by atoms with E-state index >= 15 is 0 Å². The van der Waals surface area contributed by atoms with Crippen molar-refractivity contribution in [3.63, 3.8) is 0 Å². The molecule has 1 saturated heterocycles. The van der Waals surface area contributed by atoms with Gasteiger partial charge in [0.1, 0.15) is 18.2 Å². The molecule has 0 bridgehead atoms. The first-order chi connectivity index (χ1) is 14.2. The van der Waals surface area contributed by atoms with Crippen LogP contribution in [0.15, 0.2) is 18.7 Å². The van der Waals surface area contributed by atoms with Gasteiger partial charge in [0.05, 0.1) is 43.9 Å². The molecule has 0 amide bonds. The van der Waals surface area contributed by atoms with E-state index in [-0.39, 0.29) is 23.3 Å². The molecule has 1 aliphatic heterocycles. The Hall–Kier alpha value is -3.07. The summed E-state index contributed by atoms with van der Waals surface area (Å²) in [4.78, 5) is 16.8. The fraction of sp³-hybridized carbons (Fsp3) is 0.500. The second kappa shape index (κ2) is 8.12. The van der Waals surface area contributed by atoms with Crippen LogP contribution in [-0.4, -0.2) is 46.4 Å². The lowest BCUT2D eigenvalue weighted by molar-refractivity contribution is 0.224. The van der Waals surface area contributed by atoms with E-state index in [2.05, 4.69) is 36.1 Å². The highest BCUT2D eigenvalue weighted by molar-refractivity contribution is 5.40. The number of nitrogens with zero attached hydrogens (tertiary/aromatic N) is 5. The van der Waals surface area contributed by atoms with E-state index in [0.717, 1.165) is 18.4 Å². The van der Waals surface area contributed by atoms with Crippen LogP contribution in [0.4, 0.5) is 5.82 Å². The monoisotopic (exact) mass is 397 g/mol. The number of aromatic nitrogens is 4. The van der Waals surface area contributed by atoms with Crippen molar-refractivity contribution in [1.29, 1.82) is 5.26 Å². The van der Waals surface area contributed by atoms with Crippen molar-refractivity contribution >= 4 is 5.82 Å². The number of nitriles is 1. The van der Waals surface area contributed by atoms with E-state index < -0.39 is 0 Å². The Kier molecular flexibility index (Phi) is 5.39. The minimum Gasteiger partial charge on any atom is -0.481 e. The summed E-state index contributed by atoms with van der Waals surface area (Å²) in [5.74, 6) is 1.52. The van der Waals surface area contributed by atoms with E-state index in [1.165, 1.54) is 18.7 Å². The van der Waals surface area contributed by atoms with Crippen molar-refractivity contribution in [2.45, 2.75) is 31.5 Å². The third-order valence-electron chi connectivity index (χ3n) is 5.25. The van der Waals surface area contributed by atoms with E-state index in [1.54, 1.807) is 7.11 Å². The average Bonchev–Trinajstić information content (AvgIpc) is 3.42. The van der Waals surface area contributed by atoms with Gasteiger partial charge in [0.15, 0.2) is 5.69 Å². The summed E-state index contributed by atoms with van der Waals surface area (Å²) in [6.07, 6.45) is 7.06. The molecule has 3 heterocycles. The molecule has 5 N–H and O–H groups in total. The summed E-state index contributed by atoms with van der Waals surface area (Å²) in [5.41, 5.74) is 13.4. The second-order valence-corrected chi connectivity index (χ2v) is 7.27. The number of hydrogen-bond donors (Lipinski definition) is 4. The predicted molar refractivity (Wildman–Crippen MR) is 103 cm³/mol. The van der Waals surface area contributed by atoms with Crippen molar-refractivity contribution < 1.29 is 9.47 Å². The molecule has 2 aliphatic rings. The van der Waals surface area contributed by atoms with E-state index in [9.17, 15) is 0 Å². The van der Waals surface area contributed by atoms with Crippen LogP contribution in [-0.2, 0) is 0 Å². The SMILES string of the molecule is COc1ncnc(OCC2(CN)CC2)c1C1CC(Nc2cnc(C#N)cn2)NN1. The third-order valence-corrected chi connectivity index (χ3v) is 5.25. The maximum atomic E-state index is 8.82. The lowest BCUT2D eigenvalue weighted by atomic mass is 10.1. The molecule has 2 fully saturated rings. The number of ether oxygens (including phenoxy) is 2. The first-order valence-corrected chi connectivity index (χ1v) is 9.38. The number of hydrogen-bond acceptors (Lipinski definition) is 11. The zero-order valence-electron chi connectivity index (χ0n) is 16.1. The van der Waals surface area contributed by atoms with Crippen molar-refractivity contribution in [3.05, 3.63) is 30.0 Å². The van der Waals surface area contributed by atoms with E-state index in [4.69, 9.17) is 20.5 Å². The molecule has 2 atom stereocenters. The molecule has 0 spiro atoms. The van der Waals surface area contributed by atoms with Crippen molar-refractivity contribution in [1.82, 2.24) is 30.8 Å². The molecule has 1 aliphatic carbocycles. The van der Waals surface area contributed by atoms with Gasteiger partial charge in [-0.2, -0.15) is 5.26 Å². The summed E-state index contributed by atoms with van der Waals surface area (Å²) in [6.45, 7) is 1.13. The molecule has 2 unspecified atom stereocenters. The van der Waals surface area contributed by atoms with Crippen LogP contribution in [0.1, 0.15) is 36.6 Å². The number of nitrogens with one attached hydrogen (secondary N) is 3. The Morgan fingerprint density at radius 2 is 2.07 bits per heavy atom. The highest BCUT2D eigenvalue weighted by atomic mass is 16.5. The summed E-state index contributed by atoms with van der Waals surface area (Å²) in [7, 11) is 1.57. The van der Waals surface area contributed by atoms with Gasteiger partial charge in [-0.25, -0.2) is 30.8 Å². The normalized spacial score (nSPS) is 22.0. The van der Waals surface area contributed by atoms with Gasteiger partial charge in [-0.1, -0.05) is 0 Å². The van der Waals surface area contributed by atoms with Gasteiger partial charge in [-0.05, 0) is 12.8 Å². The smallest absolute Gasteiger partial charge is 0.225 e. The Balaban J connectivity index is 1.46. The van der Waals surface area contributed by atoms with E-state index in [0.29, 0.717) is 37.2 Å². The largest absolute Gasteiger partial charge is 0.481 e. The summed E-state index contributed by atoms with van der Waals surface area (Å²) >= 11 is 0. The van der Waals surface area contributed by atoms with Gasteiger partial charge in [0.25, 0.3) is 0 Å². The second-order valence-electron chi connectivity index (χ2n) is 7.27. The zero-order chi connectivity index (χ0) is 20.3. The van der Waals surface area contributed by atoms with Gasteiger partial charge < -0.3 is 20.5 Å². The third kappa shape index (κ3) is 4.19. The van der Waals surface area contributed by atoms with E-state index in [1.807, 2.05) is 6.07 Å². The molecule has 11 heteroatoms. The highest BCUT2D eigenvalue weighted by Gasteiger charge is 2.42. The average molecular weight is 397 g/mol. The lowest BCUT2D eigenvalue weighted by Crippen LogP contribution is -2.36. The van der Waals surface area contributed by atoms with Crippen LogP contribution in [0.2, 0.25) is 0 Å². The molecule has 152 valence electrons. The van der Waals surface area contributed by atoms with Crippen LogP contribution in [0.5, 0.6) is 11.8 Å². The van der Waals surface area contributed by atoms with Crippen LogP contribution >= 0.6 is 0 Å². The molecule has 2 aromatic heterocycles. The maximum Gasteiger partial charge on any atom is 0.225 e. The molecule has 0 radical (unpaired) electrons. The minimum atomic E-state index is -0.141. The molecule has 29 heavy (non-hydrogen) atoms. The van der Waals surface area contributed by atoms with Gasteiger partial charge in [-0.15, -0.1) is 0 Å².